The van der Waals surface area contributed by atoms with Gasteiger partial charge >= 0.3 is 0 Å². The van der Waals surface area contributed by atoms with Crippen molar-refractivity contribution >= 4 is 10.0 Å². The molecule has 5 nitrogen and oxygen atoms in total. The van der Waals surface area contributed by atoms with Crippen molar-refractivity contribution in [3.63, 3.8) is 0 Å². The lowest BCUT2D eigenvalue weighted by atomic mass is 9.85. The molecule has 0 aromatic rings. The summed E-state index contributed by atoms with van der Waals surface area (Å²) >= 11 is 0. The number of rotatable bonds is 2. The van der Waals surface area contributed by atoms with Crippen molar-refractivity contribution in [2.24, 2.45) is 5.92 Å². The highest BCUT2D eigenvalue weighted by atomic mass is 32.2. The maximum atomic E-state index is 11.8. The molecule has 2 aliphatic rings. The van der Waals surface area contributed by atoms with Crippen LogP contribution in [0.1, 0.15) is 19.3 Å². The lowest BCUT2D eigenvalue weighted by Crippen LogP contribution is -2.54. The monoisotopic (exact) mass is 257 g/mol. The molecule has 2 fully saturated rings. The minimum atomic E-state index is -3.35. The molecule has 0 amide bonds. The highest BCUT2D eigenvalue weighted by Gasteiger charge is 2.37. The second kappa shape index (κ2) is 4.92. The highest BCUT2D eigenvalue weighted by molar-refractivity contribution is 7.89. The molecule has 0 aromatic heterocycles. The van der Waals surface area contributed by atoms with Gasteiger partial charge in [-0.05, 0) is 38.8 Å². The average Bonchev–Trinajstić information content (AvgIpc) is 2.29. The van der Waals surface area contributed by atoms with Crippen LogP contribution in [0.4, 0.5) is 0 Å². The van der Waals surface area contributed by atoms with Crippen LogP contribution in [0.25, 0.3) is 0 Å². The number of likely N-dealkylation sites (tertiary alicyclic amines) is 1. The number of fused-ring (bicyclic) bond motifs is 1. The second-order valence-electron chi connectivity index (χ2n) is 5.01. The first kappa shape index (κ1) is 12.8. The van der Waals surface area contributed by atoms with Crippen molar-refractivity contribution in [2.75, 3.05) is 32.4 Å². The Balaban J connectivity index is 2.06. The van der Waals surface area contributed by atoms with Crippen molar-refractivity contribution in [1.82, 2.24) is 9.21 Å². The lowest BCUT2D eigenvalue weighted by molar-refractivity contribution is 0.0672. The maximum absolute atomic E-state index is 11.8. The van der Waals surface area contributed by atoms with Gasteiger partial charge in [-0.2, -0.15) is 5.26 Å². The molecule has 0 N–H and O–H groups in total. The van der Waals surface area contributed by atoms with Crippen LogP contribution in [0.5, 0.6) is 0 Å². The molecule has 2 heterocycles. The van der Waals surface area contributed by atoms with Crippen LogP contribution in [-0.4, -0.2) is 56.1 Å². The van der Waals surface area contributed by atoms with Crippen LogP contribution in [0, 0.1) is 17.2 Å². The Hall–Kier alpha value is -0.640. The second-order valence-corrected chi connectivity index (χ2v) is 6.98. The summed E-state index contributed by atoms with van der Waals surface area (Å²) in [5, 5.41) is 8.54. The summed E-state index contributed by atoms with van der Waals surface area (Å²) in [5.74, 6) is 0.0520. The van der Waals surface area contributed by atoms with Gasteiger partial charge in [0.15, 0.2) is 5.75 Å². The molecular formula is C11H19N3O2S. The van der Waals surface area contributed by atoms with Crippen LogP contribution >= 0.6 is 0 Å². The standard InChI is InChI=1S/C11H19N3O2S/c1-13-6-2-3-10-9-14(7-4-11(10)13)17(15,16)8-5-12/h10-11H,2-4,6-9H2,1H3. The number of hydrogen-bond acceptors (Lipinski definition) is 4. The lowest BCUT2D eigenvalue weighted by Gasteiger charge is -2.45. The third-order valence-electron chi connectivity index (χ3n) is 3.95. The molecule has 2 atom stereocenters. The Morgan fingerprint density at radius 1 is 1.35 bits per heavy atom. The van der Waals surface area contributed by atoms with E-state index in [9.17, 15) is 8.42 Å². The number of nitrogens with zero attached hydrogens (tertiary/aromatic N) is 3. The van der Waals surface area contributed by atoms with Gasteiger partial charge in [-0.25, -0.2) is 12.7 Å². The molecule has 0 aromatic carbocycles. The van der Waals surface area contributed by atoms with E-state index < -0.39 is 10.0 Å². The number of piperidine rings is 2. The van der Waals surface area contributed by atoms with Crippen molar-refractivity contribution in [1.29, 1.82) is 5.26 Å². The molecule has 17 heavy (non-hydrogen) atoms. The molecule has 2 rings (SSSR count). The number of nitriles is 1. The van der Waals surface area contributed by atoms with Gasteiger partial charge in [0.2, 0.25) is 10.0 Å². The Morgan fingerprint density at radius 3 is 2.82 bits per heavy atom. The molecule has 2 unspecified atom stereocenters. The highest BCUT2D eigenvalue weighted by Crippen LogP contribution is 2.30. The zero-order valence-electron chi connectivity index (χ0n) is 10.2. The zero-order chi connectivity index (χ0) is 12.5. The van der Waals surface area contributed by atoms with E-state index >= 15 is 0 Å². The van der Waals surface area contributed by atoms with Gasteiger partial charge in [-0.1, -0.05) is 0 Å². The summed E-state index contributed by atoms with van der Waals surface area (Å²) in [6.45, 7) is 2.28. The van der Waals surface area contributed by atoms with Crippen LogP contribution in [0.3, 0.4) is 0 Å². The third-order valence-corrected chi connectivity index (χ3v) is 5.56. The van der Waals surface area contributed by atoms with Crippen LogP contribution in [0.15, 0.2) is 0 Å². The van der Waals surface area contributed by atoms with Crippen molar-refractivity contribution in [3.05, 3.63) is 0 Å². The largest absolute Gasteiger partial charge is 0.303 e. The summed E-state index contributed by atoms with van der Waals surface area (Å²) in [5.41, 5.74) is 0. The third kappa shape index (κ3) is 2.62. The Morgan fingerprint density at radius 2 is 2.12 bits per heavy atom. The van der Waals surface area contributed by atoms with Gasteiger partial charge in [0.05, 0.1) is 6.07 Å². The Labute approximate surface area is 103 Å². The molecule has 0 bridgehead atoms. The average molecular weight is 257 g/mol. The summed E-state index contributed by atoms with van der Waals surface area (Å²) in [6, 6.07) is 2.27. The van der Waals surface area contributed by atoms with E-state index in [0.717, 1.165) is 25.8 Å². The Bertz CT molecular complexity index is 415. The van der Waals surface area contributed by atoms with Crippen molar-refractivity contribution in [2.45, 2.75) is 25.3 Å². The van der Waals surface area contributed by atoms with E-state index in [2.05, 4.69) is 11.9 Å². The molecule has 0 spiro atoms. The zero-order valence-corrected chi connectivity index (χ0v) is 11.0. The van der Waals surface area contributed by atoms with E-state index in [1.54, 1.807) is 6.07 Å². The first-order valence-corrected chi connectivity index (χ1v) is 7.70. The molecule has 2 aliphatic heterocycles. The van der Waals surface area contributed by atoms with E-state index in [4.69, 9.17) is 5.26 Å². The molecule has 0 aliphatic carbocycles. The fourth-order valence-electron chi connectivity index (χ4n) is 3.04. The van der Waals surface area contributed by atoms with Crippen LogP contribution in [0.2, 0.25) is 0 Å². The molecule has 0 radical (unpaired) electrons. The first-order valence-electron chi connectivity index (χ1n) is 6.09. The van der Waals surface area contributed by atoms with E-state index in [1.165, 1.54) is 4.31 Å². The molecular weight excluding hydrogens is 238 g/mol. The fourth-order valence-corrected chi connectivity index (χ4v) is 4.19. The SMILES string of the molecule is CN1CCCC2CN(S(=O)(=O)CC#N)CCC21. The van der Waals surface area contributed by atoms with Gasteiger partial charge in [-0.3, -0.25) is 0 Å². The van der Waals surface area contributed by atoms with Gasteiger partial charge in [0.25, 0.3) is 0 Å². The van der Waals surface area contributed by atoms with Gasteiger partial charge in [-0.15, -0.1) is 0 Å². The van der Waals surface area contributed by atoms with E-state index in [-0.39, 0.29) is 5.75 Å². The summed E-state index contributed by atoms with van der Waals surface area (Å²) in [4.78, 5) is 2.35. The quantitative estimate of drug-likeness (QED) is 0.711. The van der Waals surface area contributed by atoms with Crippen LogP contribution in [-0.2, 0) is 10.0 Å². The minimum absolute atomic E-state index is 0.389. The van der Waals surface area contributed by atoms with Gasteiger partial charge in [0.1, 0.15) is 0 Å². The van der Waals surface area contributed by atoms with Gasteiger partial charge in [0, 0.05) is 19.1 Å². The molecule has 96 valence electrons. The summed E-state index contributed by atoms with van der Waals surface area (Å²) in [7, 11) is -1.23. The molecule has 6 heteroatoms. The molecule has 0 saturated carbocycles. The molecule has 2 saturated heterocycles. The normalized spacial score (nSPS) is 31.8. The van der Waals surface area contributed by atoms with Crippen LogP contribution < -0.4 is 0 Å². The van der Waals surface area contributed by atoms with Crippen molar-refractivity contribution in [3.8, 4) is 6.07 Å². The maximum Gasteiger partial charge on any atom is 0.227 e. The first-order chi connectivity index (χ1) is 8.04. The predicted molar refractivity (Wildman–Crippen MR) is 64.7 cm³/mol. The summed E-state index contributed by atoms with van der Waals surface area (Å²) < 4.78 is 25.2. The summed E-state index contributed by atoms with van der Waals surface area (Å²) in [6.07, 6.45) is 3.14. The predicted octanol–water partition coefficient (Wildman–Crippen LogP) is 0.256. The number of sulfonamides is 1. The topological polar surface area (TPSA) is 64.4 Å². The van der Waals surface area contributed by atoms with Crippen molar-refractivity contribution < 1.29 is 8.42 Å². The smallest absolute Gasteiger partial charge is 0.227 e. The van der Waals surface area contributed by atoms with Gasteiger partial charge < -0.3 is 4.90 Å². The Kier molecular flexibility index (Phi) is 3.71. The minimum Gasteiger partial charge on any atom is -0.303 e. The fraction of sp³-hybridized carbons (Fsp3) is 0.909. The number of hydrogen-bond donors (Lipinski definition) is 0. The van der Waals surface area contributed by atoms with E-state index in [0.29, 0.717) is 25.0 Å². The van der Waals surface area contributed by atoms with E-state index in [1.807, 2.05) is 0 Å².